The lowest BCUT2D eigenvalue weighted by molar-refractivity contribution is 0.101. The van der Waals surface area contributed by atoms with Crippen molar-refractivity contribution >= 4 is 39.9 Å². The van der Waals surface area contributed by atoms with E-state index < -0.39 is 0 Å². The highest BCUT2D eigenvalue weighted by Gasteiger charge is 2.12. The van der Waals surface area contributed by atoms with Crippen molar-refractivity contribution in [1.82, 2.24) is 4.57 Å². The lowest BCUT2D eigenvalue weighted by Crippen LogP contribution is -2.16. The second-order valence-corrected chi connectivity index (χ2v) is 5.36. The van der Waals surface area contributed by atoms with Crippen molar-refractivity contribution in [2.75, 3.05) is 18.5 Å². The molecule has 120 valence electrons. The Morgan fingerprint density at radius 1 is 1.36 bits per heavy atom. The Balaban J connectivity index is 0.00000242. The Morgan fingerprint density at radius 3 is 2.64 bits per heavy atom. The van der Waals surface area contributed by atoms with Gasteiger partial charge in [-0.15, -0.1) is 12.4 Å². The van der Waals surface area contributed by atoms with E-state index in [4.69, 9.17) is 10.5 Å². The molecular formula is C15H19BrClN3O2. The minimum Gasteiger partial charge on any atom is -0.492 e. The third kappa shape index (κ3) is 4.76. The number of hydrogen-bond donors (Lipinski definition) is 2. The summed E-state index contributed by atoms with van der Waals surface area (Å²) in [7, 11) is 0. The molecule has 1 aromatic heterocycles. The van der Waals surface area contributed by atoms with Crippen LogP contribution in [0.3, 0.4) is 0 Å². The summed E-state index contributed by atoms with van der Waals surface area (Å²) < 4.78 is 8.17. The van der Waals surface area contributed by atoms with Crippen LogP contribution in [0.4, 0.5) is 5.69 Å². The summed E-state index contributed by atoms with van der Waals surface area (Å²) in [5.74, 6) is 0.594. The smallest absolute Gasteiger partial charge is 0.272 e. The monoisotopic (exact) mass is 387 g/mol. The van der Waals surface area contributed by atoms with Gasteiger partial charge in [-0.2, -0.15) is 0 Å². The van der Waals surface area contributed by atoms with Gasteiger partial charge in [0.05, 0.1) is 0 Å². The van der Waals surface area contributed by atoms with Crippen molar-refractivity contribution in [3.63, 3.8) is 0 Å². The lowest BCUT2D eigenvalue weighted by atomic mass is 10.3. The van der Waals surface area contributed by atoms with Crippen LogP contribution in [0.5, 0.6) is 5.75 Å². The van der Waals surface area contributed by atoms with Crippen molar-refractivity contribution in [3.05, 3.63) is 46.7 Å². The van der Waals surface area contributed by atoms with Gasteiger partial charge < -0.3 is 20.4 Å². The molecule has 0 radical (unpaired) electrons. The molecule has 0 saturated heterocycles. The maximum absolute atomic E-state index is 12.3. The summed E-state index contributed by atoms with van der Waals surface area (Å²) in [6, 6.07) is 9.02. The standard InChI is InChI=1S/C15H18BrN3O2.ClH/c1-2-19-10-11(16)9-14(19)15(20)18-12-3-5-13(6-4-12)21-8-7-17;/h3-6,9-10H,2,7-8,17H2,1H3,(H,18,20);1H. The van der Waals surface area contributed by atoms with Crippen LogP contribution < -0.4 is 15.8 Å². The van der Waals surface area contributed by atoms with E-state index in [0.717, 1.165) is 22.5 Å². The molecule has 1 amide bonds. The summed E-state index contributed by atoms with van der Waals surface area (Å²) in [6.45, 7) is 3.68. The second-order valence-electron chi connectivity index (χ2n) is 4.45. The highest BCUT2D eigenvalue weighted by Crippen LogP contribution is 2.19. The van der Waals surface area contributed by atoms with Gasteiger partial charge in [0.15, 0.2) is 0 Å². The van der Waals surface area contributed by atoms with Crippen molar-refractivity contribution in [3.8, 4) is 5.75 Å². The van der Waals surface area contributed by atoms with Crippen LogP contribution in [0, 0.1) is 0 Å². The highest BCUT2D eigenvalue weighted by atomic mass is 79.9. The minimum atomic E-state index is -0.141. The largest absolute Gasteiger partial charge is 0.492 e. The van der Waals surface area contributed by atoms with Gasteiger partial charge >= 0.3 is 0 Å². The fourth-order valence-electron chi connectivity index (χ4n) is 1.93. The molecule has 0 aliphatic carbocycles. The molecule has 1 aromatic carbocycles. The molecule has 0 atom stereocenters. The van der Waals surface area contributed by atoms with E-state index in [1.54, 1.807) is 30.3 Å². The number of carbonyl (C=O) groups excluding carboxylic acids is 1. The first kappa shape index (κ1) is 18.5. The normalized spacial score (nSPS) is 9.95. The van der Waals surface area contributed by atoms with Gasteiger partial charge in [0.1, 0.15) is 18.1 Å². The third-order valence-corrected chi connectivity index (χ3v) is 3.37. The molecule has 22 heavy (non-hydrogen) atoms. The molecule has 3 N–H and O–H groups in total. The molecule has 0 fully saturated rings. The number of aromatic nitrogens is 1. The predicted molar refractivity (Wildman–Crippen MR) is 94.0 cm³/mol. The van der Waals surface area contributed by atoms with E-state index in [2.05, 4.69) is 21.2 Å². The first-order chi connectivity index (χ1) is 10.1. The van der Waals surface area contributed by atoms with Gasteiger partial charge in [-0.1, -0.05) is 0 Å². The third-order valence-electron chi connectivity index (χ3n) is 2.94. The molecule has 7 heteroatoms. The molecular weight excluding hydrogens is 370 g/mol. The van der Waals surface area contributed by atoms with E-state index in [-0.39, 0.29) is 18.3 Å². The predicted octanol–water partition coefficient (Wildman–Crippen LogP) is 3.28. The summed E-state index contributed by atoms with van der Waals surface area (Å²) >= 11 is 3.38. The number of hydrogen-bond acceptors (Lipinski definition) is 3. The van der Waals surface area contributed by atoms with Gasteiger partial charge in [-0.3, -0.25) is 4.79 Å². The molecule has 0 aliphatic heterocycles. The Bertz CT molecular complexity index is 614. The molecule has 0 spiro atoms. The maximum Gasteiger partial charge on any atom is 0.272 e. The molecule has 0 unspecified atom stereocenters. The van der Waals surface area contributed by atoms with Crippen LogP contribution in [-0.2, 0) is 6.54 Å². The van der Waals surface area contributed by atoms with Crippen LogP contribution in [0.25, 0.3) is 0 Å². The van der Waals surface area contributed by atoms with E-state index in [0.29, 0.717) is 18.8 Å². The van der Waals surface area contributed by atoms with Crippen molar-refractivity contribution in [2.45, 2.75) is 13.5 Å². The van der Waals surface area contributed by atoms with Gasteiger partial charge in [0, 0.05) is 29.4 Å². The van der Waals surface area contributed by atoms with Crippen LogP contribution in [0.15, 0.2) is 41.0 Å². The summed E-state index contributed by atoms with van der Waals surface area (Å²) in [5, 5.41) is 2.87. The Hall–Kier alpha value is -1.50. The fourth-order valence-corrected chi connectivity index (χ4v) is 2.40. The SMILES string of the molecule is CCn1cc(Br)cc1C(=O)Nc1ccc(OCCN)cc1.Cl. The topological polar surface area (TPSA) is 69.3 Å². The molecule has 0 aliphatic rings. The summed E-state index contributed by atoms with van der Waals surface area (Å²) in [5.41, 5.74) is 6.72. The van der Waals surface area contributed by atoms with Crippen LogP contribution in [-0.4, -0.2) is 23.6 Å². The van der Waals surface area contributed by atoms with Crippen molar-refractivity contribution < 1.29 is 9.53 Å². The minimum absolute atomic E-state index is 0. The zero-order chi connectivity index (χ0) is 15.2. The molecule has 2 rings (SSSR count). The molecule has 0 bridgehead atoms. The zero-order valence-corrected chi connectivity index (χ0v) is 14.6. The van der Waals surface area contributed by atoms with Gasteiger partial charge in [-0.05, 0) is 53.2 Å². The highest BCUT2D eigenvalue weighted by molar-refractivity contribution is 9.10. The number of halogens is 2. The summed E-state index contributed by atoms with van der Waals surface area (Å²) in [4.78, 5) is 12.3. The van der Waals surface area contributed by atoms with Crippen molar-refractivity contribution in [2.24, 2.45) is 5.73 Å². The van der Waals surface area contributed by atoms with Crippen molar-refractivity contribution in [1.29, 1.82) is 0 Å². The first-order valence-electron chi connectivity index (χ1n) is 6.74. The number of nitrogens with zero attached hydrogens (tertiary/aromatic N) is 1. The van der Waals surface area contributed by atoms with Gasteiger partial charge in [0.25, 0.3) is 5.91 Å². The number of nitrogens with two attached hydrogens (primary N) is 1. The van der Waals surface area contributed by atoms with E-state index in [1.807, 2.05) is 17.7 Å². The number of amides is 1. The van der Waals surface area contributed by atoms with Crippen LogP contribution in [0.1, 0.15) is 17.4 Å². The molecule has 5 nitrogen and oxygen atoms in total. The van der Waals surface area contributed by atoms with E-state index >= 15 is 0 Å². The van der Waals surface area contributed by atoms with Crippen LogP contribution in [0.2, 0.25) is 0 Å². The number of nitrogens with one attached hydrogen (secondary N) is 1. The average Bonchev–Trinajstić information content (AvgIpc) is 2.88. The fraction of sp³-hybridized carbons (Fsp3) is 0.267. The quantitative estimate of drug-likeness (QED) is 0.798. The summed E-state index contributed by atoms with van der Waals surface area (Å²) in [6.07, 6.45) is 1.89. The van der Waals surface area contributed by atoms with Crippen LogP contribution >= 0.6 is 28.3 Å². The molecule has 1 heterocycles. The maximum atomic E-state index is 12.3. The number of rotatable bonds is 6. The number of ether oxygens (including phenoxy) is 1. The number of aryl methyl sites for hydroxylation is 1. The Kier molecular flexibility index (Phi) is 7.44. The van der Waals surface area contributed by atoms with E-state index in [1.165, 1.54) is 0 Å². The zero-order valence-electron chi connectivity index (χ0n) is 12.2. The average molecular weight is 389 g/mol. The second kappa shape index (κ2) is 8.82. The lowest BCUT2D eigenvalue weighted by Gasteiger charge is -2.09. The van der Waals surface area contributed by atoms with Gasteiger partial charge in [0.2, 0.25) is 0 Å². The number of anilines is 1. The van der Waals surface area contributed by atoms with Gasteiger partial charge in [-0.25, -0.2) is 0 Å². The first-order valence-corrected chi connectivity index (χ1v) is 7.53. The number of carbonyl (C=O) groups is 1. The number of benzene rings is 1. The molecule has 2 aromatic rings. The molecule has 0 saturated carbocycles. The van der Waals surface area contributed by atoms with E-state index in [9.17, 15) is 4.79 Å². The Morgan fingerprint density at radius 2 is 2.05 bits per heavy atom. The Labute approximate surface area is 144 Å².